The van der Waals surface area contributed by atoms with Crippen LogP contribution in [0.3, 0.4) is 0 Å². The molecule has 0 aliphatic carbocycles. The molecule has 10 heteroatoms. The number of hydrogen-bond acceptors (Lipinski definition) is 9. The maximum Gasteiger partial charge on any atom is 0.326 e. The number of aliphatic carboxylic acids is 1. The number of hydrogen-bond donors (Lipinski definition) is 3. The molecule has 0 aromatic carbocycles. The predicted octanol–water partition coefficient (Wildman–Crippen LogP) is 2.72. The van der Waals surface area contributed by atoms with E-state index in [4.69, 9.17) is 9.72 Å². The molecule has 188 valence electrons. The number of aromatic nitrogens is 3. The highest BCUT2D eigenvalue weighted by Crippen LogP contribution is 2.20. The molecule has 2 aromatic rings. The average molecular weight is 482 g/mol. The smallest absolute Gasteiger partial charge is 0.326 e. The number of anilines is 2. The van der Waals surface area contributed by atoms with E-state index >= 15 is 0 Å². The number of carbonyl (C=O) groups is 1. The van der Waals surface area contributed by atoms with E-state index in [9.17, 15) is 15.2 Å². The van der Waals surface area contributed by atoms with Crippen LogP contribution in [0.2, 0.25) is 0 Å². The first kappa shape index (κ1) is 26.3. The Kier molecular flexibility index (Phi) is 10.2. The SMILES string of the molecule is COC(C)CN(CCCCc1ccc2c(n1)NCCC2)CCC(Nc1nccnc1C#N)C(=O)O. The van der Waals surface area contributed by atoms with Crippen LogP contribution in [0.25, 0.3) is 0 Å². The van der Waals surface area contributed by atoms with Crippen molar-refractivity contribution in [3.05, 3.63) is 41.5 Å². The van der Waals surface area contributed by atoms with Crippen molar-refractivity contribution in [1.82, 2.24) is 19.9 Å². The summed E-state index contributed by atoms with van der Waals surface area (Å²) in [6.07, 6.45) is 8.34. The normalized spacial score (nSPS) is 14.5. The molecule has 10 nitrogen and oxygen atoms in total. The summed E-state index contributed by atoms with van der Waals surface area (Å²) in [7, 11) is 1.68. The van der Waals surface area contributed by atoms with Crippen molar-refractivity contribution < 1.29 is 14.6 Å². The topological polar surface area (TPSA) is 136 Å². The summed E-state index contributed by atoms with van der Waals surface area (Å²) < 4.78 is 5.44. The molecule has 0 saturated heterocycles. The Hall–Kier alpha value is -3.29. The fraction of sp³-hybridized carbons (Fsp3) is 0.560. The number of carboxylic acids is 1. The molecular weight excluding hydrogens is 446 g/mol. The second kappa shape index (κ2) is 13.6. The molecule has 0 spiro atoms. The summed E-state index contributed by atoms with van der Waals surface area (Å²) in [5.74, 6) is 0.219. The van der Waals surface area contributed by atoms with Gasteiger partial charge in [0.1, 0.15) is 17.9 Å². The summed E-state index contributed by atoms with van der Waals surface area (Å²) >= 11 is 0. The van der Waals surface area contributed by atoms with Crippen LogP contribution in [0.15, 0.2) is 24.5 Å². The van der Waals surface area contributed by atoms with Gasteiger partial charge in [0.15, 0.2) is 11.5 Å². The molecule has 0 amide bonds. The van der Waals surface area contributed by atoms with Gasteiger partial charge in [0.25, 0.3) is 0 Å². The number of pyridine rings is 1. The van der Waals surface area contributed by atoms with Gasteiger partial charge < -0.3 is 25.4 Å². The highest BCUT2D eigenvalue weighted by molar-refractivity contribution is 5.77. The lowest BCUT2D eigenvalue weighted by atomic mass is 10.1. The molecule has 0 radical (unpaired) electrons. The lowest BCUT2D eigenvalue weighted by Crippen LogP contribution is -2.38. The predicted molar refractivity (Wildman–Crippen MR) is 133 cm³/mol. The van der Waals surface area contributed by atoms with E-state index in [1.54, 1.807) is 7.11 Å². The molecule has 2 atom stereocenters. The molecular formula is C25H35N7O3. The third kappa shape index (κ3) is 8.16. The lowest BCUT2D eigenvalue weighted by Gasteiger charge is -2.26. The van der Waals surface area contributed by atoms with Crippen LogP contribution in [-0.4, -0.2) is 76.4 Å². The molecule has 0 fully saturated rings. The minimum Gasteiger partial charge on any atom is -0.480 e. The van der Waals surface area contributed by atoms with Crippen LogP contribution < -0.4 is 10.6 Å². The van der Waals surface area contributed by atoms with Gasteiger partial charge in [0, 0.05) is 44.8 Å². The van der Waals surface area contributed by atoms with E-state index in [-0.39, 0.29) is 17.6 Å². The van der Waals surface area contributed by atoms with Crippen molar-refractivity contribution in [2.45, 2.75) is 57.6 Å². The van der Waals surface area contributed by atoms with Crippen molar-refractivity contribution in [1.29, 1.82) is 5.26 Å². The number of aryl methyl sites for hydroxylation is 2. The molecule has 1 aliphatic rings. The third-order valence-corrected chi connectivity index (χ3v) is 6.17. The number of methoxy groups -OCH3 is 1. The van der Waals surface area contributed by atoms with Crippen molar-refractivity contribution >= 4 is 17.6 Å². The quantitative estimate of drug-likeness (QED) is 0.345. The van der Waals surface area contributed by atoms with Crippen molar-refractivity contribution in [2.75, 3.05) is 43.9 Å². The number of nitriles is 1. The Balaban J connectivity index is 1.52. The second-order valence-electron chi connectivity index (χ2n) is 8.83. The molecule has 3 heterocycles. The Morgan fingerprint density at radius 3 is 2.91 bits per heavy atom. The summed E-state index contributed by atoms with van der Waals surface area (Å²) in [6, 6.07) is 5.37. The van der Waals surface area contributed by atoms with Crippen LogP contribution in [0.1, 0.15) is 49.6 Å². The fourth-order valence-corrected chi connectivity index (χ4v) is 4.14. The fourth-order valence-electron chi connectivity index (χ4n) is 4.14. The van der Waals surface area contributed by atoms with Gasteiger partial charge in [0.05, 0.1) is 6.10 Å². The number of nitrogens with zero attached hydrogens (tertiary/aromatic N) is 5. The zero-order valence-corrected chi connectivity index (χ0v) is 20.5. The zero-order chi connectivity index (χ0) is 25.0. The number of ether oxygens (including phenoxy) is 1. The monoisotopic (exact) mass is 481 g/mol. The van der Waals surface area contributed by atoms with Gasteiger partial charge in [-0.3, -0.25) is 0 Å². The lowest BCUT2D eigenvalue weighted by molar-refractivity contribution is -0.138. The van der Waals surface area contributed by atoms with Gasteiger partial charge in [-0.15, -0.1) is 0 Å². The summed E-state index contributed by atoms with van der Waals surface area (Å²) in [6.45, 7) is 5.09. The van der Waals surface area contributed by atoms with Crippen LogP contribution >= 0.6 is 0 Å². The molecule has 2 unspecified atom stereocenters. The van der Waals surface area contributed by atoms with Gasteiger partial charge in [-0.25, -0.2) is 19.7 Å². The van der Waals surface area contributed by atoms with Gasteiger partial charge in [-0.2, -0.15) is 5.26 Å². The standard InChI is InChI=1S/C25H35N7O3/c1-18(35-2)17-32(14-4-3-7-20-9-8-19-6-5-11-28-23(19)30-20)15-10-21(25(33)34)31-24-22(16-26)27-12-13-29-24/h8-9,12-13,18,21H,3-7,10-11,14-15,17H2,1-2H3,(H,28,30)(H,29,31)(H,33,34). The Labute approximate surface area is 206 Å². The first-order chi connectivity index (χ1) is 17.0. The molecule has 3 rings (SSSR count). The minimum absolute atomic E-state index is 0.0322. The van der Waals surface area contributed by atoms with Gasteiger partial charge in [-0.1, -0.05) is 6.07 Å². The van der Waals surface area contributed by atoms with E-state index in [0.717, 1.165) is 56.7 Å². The van der Waals surface area contributed by atoms with Gasteiger partial charge in [0.2, 0.25) is 0 Å². The van der Waals surface area contributed by atoms with Crippen molar-refractivity contribution in [3.63, 3.8) is 0 Å². The van der Waals surface area contributed by atoms with E-state index in [1.165, 1.54) is 18.0 Å². The Morgan fingerprint density at radius 1 is 1.31 bits per heavy atom. The maximum atomic E-state index is 11.9. The average Bonchev–Trinajstić information content (AvgIpc) is 2.88. The van der Waals surface area contributed by atoms with Crippen LogP contribution in [0.4, 0.5) is 11.6 Å². The van der Waals surface area contributed by atoms with Crippen LogP contribution in [0.5, 0.6) is 0 Å². The van der Waals surface area contributed by atoms with Crippen molar-refractivity contribution in [3.8, 4) is 6.07 Å². The van der Waals surface area contributed by atoms with E-state index in [0.29, 0.717) is 19.5 Å². The highest BCUT2D eigenvalue weighted by atomic mass is 16.5. The first-order valence-corrected chi connectivity index (χ1v) is 12.2. The first-order valence-electron chi connectivity index (χ1n) is 12.2. The highest BCUT2D eigenvalue weighted by Gasteiger charge is 2.21. The minimum atomic E-state index is -0.994. The van der Waals surface area contributed by atoms with Crippen LogP contribution in [-0.2, 0) is 22.4 Å². The number of unbranched alkanes of at least 4 members (excludes halogenated alkanes) is 1. The molecule has 3 N–H and O–H groups in total. The van der Waals surface area contributed by atoms with E-state index in [1.807, 2.05) is 13.0 Å². The van der Waals surface area contributed by atoms with Gasteiger partial charge >= 0.3 is 5.97 Å². The van der Waals surface area contributed by atoms with E-state index < -0.39 is 12.0 Å². The third-order valence-electron chi connectivity index (χ3n) is 6.17. The molecule has 0 bridgehead atoms. The van der Waals surface area contributed by atoms with Gasteiger partial charge in [-0.05, 0) is 63.6 Å². The number of rotatable bonds is 14. The maximum absolute atomic E-state index is 11.9. The molecule has 35 heavy (non-hydrogen) atoms. The number of nitrogens with one attached hydrogen (secondary N) is 2. The Bertz CT molecular complexity index is 1010. The molecule has 0 saturated carbocycles. The van der Waals surface area contributed by atoms with Crippen LogP contribution in [0, 0.1) is 11.3 Å². The molecule has 2 aromatic heterocycles. The number of carboxylic acid groups (broad SMARTS) is 1. The van der Waals surface area contributed by atoms with Crippen molar-refractivity contribution in [2.24, 2.45) is 0 Å². The number of fused-ring (bicyclic) bond motifs is 1. The molecule has 1 aliphatic heterocycles. The summed E-state index contributed by atoms with van der Waals surface area (Å²) in [5.41, 5.74) is 2.47. The summed E-state index contributed by atoms with van der Waals surface area (Å²) in [4.78, 5) is 26.9. The largest absolute Gasteiger partial charge is 0.480 e. The summed E-state index contributed by atoms with van der Waals surface area (Å²) in [5, 5.41) is 25.2. The zero-order valence-electron chi connectivity index (χ0n) is 20.5. The van der Waals surface area contributed by atoms with E-state index in [2.05, 4.69) is 37.6 Å². The Morgan fingerprint density at radius 2 is 2.14 bits per heavy atom. The second-order valence-corrected chi connectivity index (χ2v) is 8.83.